The summed E-state index contributed by atoms with van der Waals surface area (Å²) in [5.74, 6) is 0.263. The number of methoxy groups -OCH3 is 1. The summed E-state index contributed by atoms with van der Waals surface area (Å²) in [4.78, 5) is 26.5. The first kappa shape index (κ1) is 20.6. The van der Waals surface area contributed by atoms with Gasteiger partial charge in [-0.2, -0.15) is 0 Å². The van der Waals surface area contributed by atoms with Crippen LogP contribution in [0.15, 0.2) is 22.7 Å². The van der Waals surface area contributed by atoms with Crippen LogP contribution in [-0.2, 0) is 23.0 Å². The van der Waals surface area contributed by atoms with E-state index in [0.29, 0.717) is 15.7 Å². The van der Waals surface area contributed by atoms with Crippen molar-refractivity contribution in [3.63, 3.8) is 0 Å². The predicted molar refractivity (Wildman–Crippen MR) is 113 cm³/mol. The zero-order chi connectivity index (χ0) is 20.3. The van der Waals surface area contributed by atoms with Crippen LogP contribution in [0.3, 0.4) is 0 Å². The number of amides is 1. The molecule has 0 aromatic carbocycles. The van der Waals surface area contributed by atoms with Gasteiger partial charge in [-0.25, -0.2) is 4.79 Å². The van der Waals surface area contributed by atoms with Crippen molar-refractivity contribution in [2.75, 3.05) is 18.2 Å². The average Bonchev–Trinajstić information content (AvgIpc) is 3.38. The number of aryl methyl sites for hydroxylation is 2. The second-order valence-corrected chi connectivity index (χ2v) is 9.14. The van der Waals surface area contributed by atoms with E-state index in [2.05, 4.69) is 21.6 Å². The lowest BCUT2D eigenvalue weighted by Crippen LogP contribution is -2.16. The number of thioether (sulfide) groups is 1. The Morgan fingerprint density at radius 2 is 2.11 bits per heavy atom. The Hall–Kier alpha value is -2.17. The van der Waals surface area contributed by atoms with Crippen LogP contribution in [0, 0.1) is 6.92 Å². The molecule has 0 saturated heterocycles. The van der Waals surface area contributed by atoms with Crippen molar-refractivity contribution in [2.45, 2.75) is 25.4 Å². The van der Waals surface area contributed by atoms with Gasteiger partial charge in [0.2, 0.25) is 5.91 Å². The molecule has 0 fully saturated rings. The third kappa shape index (κ3) is 4.45. The molecule has 0 aliphatic carbocycles. The molecular weight excluding hydrogens is 416 g/mol. The van der Waals surface area contributed by atoms with Crippen LogP contribution in [0.1, 0.15) is 27.0 Å². The lowest BCUT2D eigenvalue weighted by atomic mass is 10.2. The van der Waals surface area contributed by atoms with Gasteiger partial charge in [0.1, 0.15) is 5.00 Å². The van der Waals surface area contributed by atoms with Gasteiger partial charge >= 0.3 is 5.97 Å². The van der Waals surface area contributed by atoms with Crippen LogP contribution in [0.5, 0.6) is 0 Å². The SMILES string of the molecule is CCc1cc(C(=O)OC)c(NC(=O)CSc2nnc(-c3csc(C)c3)n2C)s1. The smallest absolute Gasteiger partial charge is 0.340 e. The first-order valence-corrected chi connectivity index (χ1v) is 11.2. The number of hydrogen-bond acceptors (Lipinski definition) is 8. The molecule has 3 aromatic heterocycles. The van der Waals surface area contributed by atoms with Gasteiger partial charge in [0, 0.05) is 27.7 Å². The number of hydrogen-bond donors (Lipinski definition) is 1. The molecule has 3 rings (SSSR count). The number of anilines is 1. The number of nitrogens with zero attached hydrogens (tertiary/aromatic N) is 3. The van der Waals surface area contributed by atoms with Crippen molar-refractivity contribution in [1.82, 2.24) is 14.8 Å². The summed E-state index contributed by atoms with van der Waals surface area (Å²) < 4.78 is 6.67. The lowest BCUT2D eigenvalue weighted by molar-refractivity contribution is -0.113. The molecule has 0 radical (unpaired) electrons. The fourth-order valence-corrected chi connectivity index (χ4v) is 4.91. The first-order valence-electron chi connectivity index (χ1n) is 8.51. The zero-order valence-electron chi connectivity index (χ0n) is 15.9. The van der Waals surface area contributed by atoms with Gasteiger partial charge in [0.25, 0.3) is 0 Å². The number of aromatic nitrogens is 3. The Morgan fingerprint density at radius 3 is 2.75 bits per heavy atom. The summed E-state index contributed by atoms with van der Waals surface area (Å²) >= 11 is 4.34. The first-order chi connectivity index (χ1) is 13.4. The van der Waals surface area contributed by atoms with Crippen LogP contribution in [0.25, 0.3) is 11.4 Å². The number of carbonyl (C=O) groups is 2. The quantitative estimate of drug-likeness (QED) is 0.445. The molecule has 1 amide bonds. The maximum Gasteiger partial charge on any atom is 0.340 e. The minimum atomic E-state index is -0.456. The molecule has 0 aliphatic heterocycles. The maximum atomic E-state index is 12.4. The number of carbonyl (C=O) groups excluding carboxylic acids is 2. The largest absolute Gasteiger partial charge is 0.465 e. The molecule has 3 heterocycles. The highest BCUT2D eigenvalue weighted by Gasteiger charge is 2.19. The molecule has 0 unspecified atom stereocenters. The van der Waals surface area contributed by atoms with Gasteiger partial charge in [-0.3, -0.25) is 4.79 Å². The minimum absolute atomic E-state index is 0.161. The molecule has 0 bridgehead atoms. The van der Waals surface area contributed by atoms with E-state index in [4.69, 9.17) is 4.74 Å². The Labute approximate surface area is 175 Å². The predicted octanol–water partition coefficient (Wildman–Crippen LogP) is 3.99. The van der Waals surface area contributed by atoms with Gasteiger partial charge in [-0.05, 0) is 25.5 Å². The number of ether oxygens (including phenoxy) is 1. The average molecular weight is 437 g/mol. The fourth-order valence-electron chi connectivity index (χ4n) is 2.52. The molecule has 0 spiro atoms. The molecular formula is C18H20N4O3S3. The van der Waals surface area contributed by atoms with E-state index in [1.807, 2.05) is 30.8 Å². The molecule has 0 saturated carbocycles. The lowest BCUT2D eigenvalue weighted by Gasteiger charge is -2.05. The summed E-state index contributed by atoms with van der Waals surface area (Å²) in [7, 11) is 3.21. The molecule has 1 N–H and O–H groups in total. The number of rotatable bonds is 7. The summed E-state index contributed by atoms with van der Waals surface area (Å²) in [5, 5.41) is 14.4. The van der Waals surface area contributed by atoms with Crippen molar-refractivity contribution < 1.29 is 14.3 Å². The topological polar surface area (TPSA) is 86.1 Å². The summed E-state index contributed by atoms with van der Waals surface area (Å²) in [6.45, 7) is 4.04. The van der Waals surface area contributed by atoms with E-state index in [1.165, 1.54) is 35.1 Å². The number of nitrogens with one attached hydrogen (secondary N) is 1. The van der Waals surface area contributed by atoms with E-state index in [0.717, 1.165) is 22.7 Å². The Bertz CT molecular complexity index is 1010. The number of esters is 1. The molecule has 28 heavy (non-hydrogen) atoms. The second kappa shape index (κ2) is 8.89. The van der Waals surface area contributed by atoms with Crippen molar-refractivity contribution >= 4 is 51.3 Å². The Morgan fingerprint density at radius 1 is 1.32 bits per heavy atom. The van der Waals surface area contributed by atoms with E-state index in [-0.39, 0.29) is 11.7 Å². The van der Waals surface area contributed by atoms with Gasteiger partial charge in [0.15, 0.2) is 11.0 Å². The van der Waals surface area contributed by atoms with Crippen LogP contribution in [0.2, 0.25) is 0 Å². The van der Waals surface area contributed by atoms with E-state index >= 15 is 0 Å². The van der Waals surface area contributed by atoms with Crippen molar-refractivity contribution in [3.05, 3.63) is 32.8 Å². The number of thiophene rings is 2. The van der Waals surface area contributed by atoms with Crippen LogP contribution >= 0.6 is 34.4 Å². The highest BCUT2D eigenvalue weighted by Crippen LogP contribution is 2.30. The maximum absolute atomic E-state index is 12.4. The van der Waals surface area contributed by atoms with Gasteiger partial charge in [-0.15, -0.1) is 32.9 Å². The van der Waals surface area contributed by atoms with E-state index in [9.17, 15) is 9.59 Å². The molecule has 0 atom stereocenters. The third-order valence-electron chi connectivity index (χ3n) is 3.95. The highest BCUT2D eigenvalue weighted by molar-refractivity contribution is 7.99. The van der Waals surface area contributed by atoms with Gasteiger partial charge in [0.05, 0.1) is 18.4 Å². The van der Waals surface area contributed by atoms with Gasteiger partial charge < -0.3 is 14.6 Å². The molecule has 10 heteroatoms. The van der Waals surface area contributed by atoms with E-state index in [1.54, 1.807) is 17.4 Å². The standard InChI is InChI=1S/C18H20N4O3S3/c1-5-12-7-13(17(24)25-4)16(28-12)19-14(23)9-27-18-21-20-15(22(18)3)11-6-10(2)26-8-11/h6-8H,5,9H2,1-4H3,(H,19,23). The second-order valence-electron chi connectivity index (χ2n) is 5.95. The molecule has 7 nitrogen and oxygen atoms in total. The highest BCUT2D eigenvalue weighted by atomic mass is 32.2. The van der Waals surface area contributed by atoms with Crippen molar-refractivity contribution in [1.29, 1.82) is 0 Å². The molecule has 148 valence electrons. The monoisotopic (exact) mass is 436 g/mol. The minimum Gasteiger partial charge on any atom is -0.465 e. The summed E-state index contributed by atoms with van der Waals surface area (Å²) in [6.07, 6.45) is 0.781. The van der Waals surface area contributed by atoms with Crippen LogP contribution < -0.4 is 5.32 Å². The van der Waals surface area contributed by atoms with Crippen molar-refractivity contribution in [2.24, 2.45) is 7.05 Å². The van der Waals surface area contributed by atoms with Crippen LogP contribution in [0.4, 0.5) is 5.00 Å². The summed E-state index contributed by atoms with van der Waals surface area (Å²) in [5.41, 5.74) is 1.40. The van der Waals surface area contributed by atoms with E-state index < -0.39 is 5.97 Å². The Balaban J connectivity index is 1.66. The fraction of sp³-hybridized carbons (Fsp3) is 0.333. The zero-order valence-corrected chi connectivity index (χ0v) is 18.4. The van der Waals surface area contributed by atoms with Crippen LogP contribution in [-0.4, -0.2) is 39.5 Å². The summed E-state index contributed by atoms with van der Waals surface area (Å²) in [6, 6.07) is 3.82. The normalized spacial score (nSPS) is 10.9. The van der Waals surface area contributed by atoms with Crippen molar-refractivity contribution in [3.8, 4) is 11.4 Å². The van der Waals surface area contributed by atoms with Gasteiger partial charge in [-0.1, -0.05) is 18.7 Å². The molecule has 3 aromatic rings. The third-order valence-corrected chi connectivity index (χ3v) is 7.02. The Kier molecular flexibility index (Phi) is 6.53. The molecule has 0 aliphatic rings.